The second kappa shape index (κ2) is 4.78. The van der Waals surface area contributed by atoms with Gasteiger partial charge in [-0.25, -0.2) is 12.8 Å². The lowest BCUT2D eigenvalue weighted by Crippen LogP contribution is -2.65. The number of nitrogens with zero attached hydrogens (tertiary/aromatic N) is 1. The molecular weight excluding hydrogens is 301 g/mol. The Bertz CT molecular complexity index is 730. The molecule has 2 amide bonds. The number of amides is 2. The van der Waals surface area contributed by atoms with Crippen molar-refractivity contribution in [2.24, 2.45) is 0 Å². The number of hydrogen-bond acceptors (Lipinski definition) is 5. The second-order valence-corrected chi connectivity index (χ2v) is 6.93. The number of carbonyl (C=O) groups excluding carboxylic acids is 2. The number of halogens is 1. The number of piperazine rings is 1. The van der Waals surface area contributed by atoms with Crippen molar-refractivity contribution >= 4 is 27.5 Å². The fourth-order valence-corrected chi connectivity index (χ4v) is 3.84. The van der Waals surface area contributed by atoms with Crippen LogP contribution in [-0.2, 0) is 19.6 Å². The Labute approximate surface area is 121 Å². The summed E-state index contributed by atoms with van der Waals surface area (Å²) in [6.45, 7) is 2.15. The number of nitrogen functional groups attached to an aromatic ring is 1. The minimum atomic E-state index is -4.30. The van der Waals surface area contributed by atoms with Crippen molar-refractivity contribution in [3.63, 3.8) is 0 Å². The smallest absolute Gasteiger partial charge is 0.247 e. The standard InChI is InChI=1S/C12H14FN3O4S/c1-12(2)11(18)15-9(17)6-16(12)21(19,20)8-5-3-4-7(13)10(8)14/h3-5H,6,14H2,1-2H3,(H,15,17,18). The summed E-state index contributed by atoms with van der Waals surface area (Å²) in [6, 6.07) is 3.34. The highest BCUT2D eigenvalue weighted by molar-refractivity contribution is 7.89. The molecular formula is C12H14FN3O4S. The molecule has 21 heavy (non-hydrogen) atoms. The highest BCUT2D eigenvalue weighted by atomic mass is 32.2. The minimum Gasteiger partial charge on any atom is -0.395 e. The van der Waals surface area contributed by atoms with Gasteiger partial charge in [0.2, 0.25) is 21.8 Å². The maximum absolute atomic E-state index is 13.5. The van der Waals surface area contributed by atoms with Crippen LogP contribution in [0.25, 0.3) is 0 Å². The number of hydrogen-bond donors (Lipinski definition) is 2. The number of carbonyl (C=O) groups is 2. The lowest BCUT2D eigenvalue weighted by molar-refractivity contribution is -0.141. The third-order valence-corrected chi connectivity index (χ3v) is 5.38. The predicted molar refractivity (Wildman–Crippen MR) is 71.9 cm³/mol. The fourth-order valence-electron chi connectivity index (χ4n) is 2.01. The molecule has 114 valence electrons. The van der Waals surface area contributed by atoms with Crippen molar-refractivity contribution in [2.45, 2.75) is 24.3 Å². The van der Waals surface area contributed by atoms with Crippen molar-refractivity contribution in [1.82, 2.24) is 9.62 Å². The number of benzene rings is 1. The van der Waals surface area contributed by atoms with Gasteiger partial charge >= 0.3 is 0 Å². The zero-order chi connectivity index (χ0) is 16.0. The van der Waals surface area contributed by atoms with E-state index < -0.39 is 50.3 Å². The van der Waals surface area contributed by atoms with Crippen molar-refractivity contribution < 1.29 is 22.4 Å². The summed E-state index contributed by atoms with van der Waals surface area (Å²) in [6.07, 6.45) is 0. The van der Waals surface area contributed by atoms with E-state index in [0.717, 1.165) is 12.1 Å². The maximum Gasteiger partial charge on any atom is 0.247 e. The molecule has 9 heteroatoms. The molecule has 0 unspecified atom stereocenters. The first-order valence-corrected chi connectivity index (χ1v) is 7.43. The van der Waals surface area contributed by atoms with Gasteiger partial charge in [0.05, 0.1) is 12.2 Å². The number of nitrogens with one attached hydrogen (secondary N) is 1. The average molecular weight is 315 g/mol. The Morgan fingerprint density at radius 2 is 1.95 bits per heavy atom. The van der Waals surface area contributed by atoms with Gasteiger partial charge in [-0.15, -0.1) is 0 Å². The predicted octanol–water partition coefficient (Wildman–Crippen LogP) is -0.166. The summed E-state index contributed by atoms with van der Waals surface area (Å²) in [5, 5.41) is 2.06. The van der Waals surface area contributed by atoms with Gasteiger partial charge in [0.1, 0.15) is 16.3 Å². The van der Waals surface area contributed by atoms with Crippen LogP contribution in [0.15, 0.2) is 23.1 Å². The molecule has 2 rings (SSSR count). The fraction of sp³-hybridized carbons (Fsp3) is 0.333. The third-order valence-electron chi connectivity index (χ3n) is 3.30. The second-order valence-electron chi connectivity index (χ2n) is 5.10. The number of sulfonamides is 1. The van der Waals surface area contributed by atoms with Crippen LogP contribution in [0, 0.1) is 5.82 Å². The molecule has 0 bridgehead atoms. The van der Waals surface area contributed by atoms with Gasteiger partial charge in [-0.3, -0.25) is 14.9 Å². The van der Waals surface area contributed by atoms with Crippen LogP contribution in [-0.4, -0.2) is 36.6 Å². The lowest BCUT2D eigenvalue weighted by Gasteiger charge is -2.38. The summed E-state index contributed by atoms with van der Waals surface area (Å²) in [7, 11) is -4.30. The van der Waals surface area contributed by atoms with E-state index in [0.29, 0.717) is 4.31 Å². The van der Waals surface area contributed by atoms with Crippen LogP contribution in [0.1, 0.15) is 13.8 Å². The van der Waals surface area contributed by atoms with Gasteiger partial charge in [0, 0.05) is 0 Å². The van der Waals surface area contributed by atoms with Crippen LogP contribution in [0.5, 0.6) is 0 Å². The van der Waals surface area contributed by atoms with Crippen LogP contribution in [0.3, 0.4) is 0 Å². The van der Waals surface area contributed by atoms with E-state index in [1.807, 2.05) is 0 Å². The SMILES string of the molecule is CC1(C)C(=O)NC(=O)CN1S(=O)(=O)c1cccc(F)c1N. The molecule has 1 aliphatic rings. The highest BCUT2D eigenvalue weighted by Crippen LogP contribution is 2.30. The van der Waals surface area contributed by atoms with E-state index in [1.165, 1.54) is 19.9 Å². The molecule has 0 spiro atoms. The molecule has 0 aromatic heterocycles. The Kier molecular flexibility index (Phi) is 3.50. The first-order valence-electron chi connectivity index (χ1n) is 5.99. The summed E-state index contributed by atoms with van der Waals surface area (Å²) in [4.78, 5) is 22.8. The van der Waals surface area contributed by atoms with Gasteiger partial charge in [0.15, 0.2) is 0 Å². The van der Waals surface area contributed by atoms with Crippen LogP contribution < -0.4 is 11.1 Å². The Morgan fingerprint density at radius 3 is 2.57 bits per heavy atom. The van der Waals surface area contributed by atoms with E-state index in [4.69, 9.17) is 5.73 Å². The first-order chi connectivity index (χ1) is 9.58. The topological polar surface area (TPSA) is 110 Å². The molecule has 0 radical (unpaired) electrons. The third kappa shape index (κ3) is 2.38. The van der Waals surface area contributed by atoms with E-state index in [1.54, 1.807) is 0 Å². The molecule has 1 heterocycles. The highest BCUT2D eigenvalue weighted by Gasteiger charge is 2.48. The van der Waals surface area contributed by atoms with Gasteiger partial charge in [-0.05, 0) is 26.0 Å². The molecule has 3 N–H and O–H groups in total. The summed E-state index contributed by atoms with van der Waals surface area (Å²) in [5.74, 6) is -2.39. The molecule has 1 fully saturated rings. The van der Waals surface area contributed by atoms with Crippen molar-refractivity contribution in [3.05, 3.63) is 24.0 Å². The van der Waals surface area contributed by atoms with Crippen LogP contribution in [0.4, 0.5) is 10.1 Å². The normalized spacial score (nSPS) is 19.4. The van der Waals surface area contributed by atoms with E-state index in [-0.39, 0.29) is 0 Å². The summed E-state index contributed by atoms with van der Waals surface area (Å²) in [5.41, 5.74) is 3.42. The zero-order valence-electron chi connectivity index (χ0n) is 11.4. The molecule has 7 nitrogen and oxygen atoms in total. The molecule has 0 atom stereocenters. The van der Waals surface area contributed by atoms with Crippen molar-refractivity contribution in [2.75, 3.05) is 12.3 Å². The molecule has 0 aliphatic carbocycles. The quantitative estimate of drug-likeness (QED) is 0.582. The maximum atomic E-state index is 13.5. The Morgan fingerprint density at radius 1 is 1.33 bits per heavy atom. The lowest BCUT2D eigenvalue weighted by atomic mass is 10.0. The largest absolute Gasteiger partial charge is 0.395 e. The number of imide groups is 1. The monoisotopic (exact) mass is 315 g/mol. The van der Waals surface area contributed by atoms with Gasteiger partial charge in [-0.1, -0.05) is 6.07 Å². The minimum absolute atomic E-state index is 0.474. The molecule has 1 aromatic carbocycles. The Balaban J connectivity index is 2.60. The van der Waals surface area contributed by atoms with Crippen LogP contribution in [0.2, 0.25) is 0 Å². The van der Waals surface area contributed by atoms with Gasteiger partial charge < -0.3 is 5.73 Å². The molecule has 1 aromatic rings. The van der Waals surface area contributed by atoms with Gasteiger partial charge in [0.25, 0.3) is 0 Å². The zero-order valence-corrected chi connectivity index (χ0v) is 12.2. The number of rotatable bonds is 2. The van der Waals surface area contributed by atoms with E-state index in [2.05, 4.69) is 5.32 Å². The van der Waals surface area contributed by atoms with Crippen molar-refractivity contribution in [1.29, 1.82) is 0 Å². The average Bonchev–Trinajstić information content (AvgIpc) is 2.37. The van der Waals surface area contributed by atoms with Gasteiger partial charge in [-0.2, -0.15) is 4.31 Å². The van der Waals surface area contributed by atoms with E-state index in [9.17, 15) is 22.4 Å². The summed E-state index contributed by atoms with van der Waals surface area (Å²) >= 11 is 0. The number of para-hydroxylation sites is 1. The Hall–Kier alpha value is -2.00. The van der Waals surface area contributed by atoms with Crippen LogP contribution >= 0.6 is 0 Å². The molecule has 1 saturated heterocycles. The first kappa shape index (κ1) is 15.4. The molecule has 0 saturated carbocycles. The van der Waals surface area contributed by atoms with Crippen molar-refractivity contribution in [3.8, 4) is 0 Å². The molecule has 1 aliphatic heterocycles. The number of anilines is 1. The van der Waals surface area contributed by atoms with E-state index >= 15 is 0 Å². The summed E-state index contributed by atoms with van der Waals surface area (Å²) < 4.78 is 39.4. The number of nitrogens with two attached hydrogens (primary N) is 1.